The first-order chi connectivity index (χ1) is 9.11. The van der Waals surface area contributed by atoms with Crippen molar-refractivity contribution < 1.29 is 8.78 Å². The molecule has 3 nitrogen and oxygen atoms in total. The van der Waals surface area contributed by atoms with E-state index in [0.29, 0.717) is 17.8 Å². The van der Waals surface area contributed by atoms with E-state index in [4.69, 9.17) is 5.73 Å². The average molecular weight is 259 g/mol. The van der Waals surface area contributed by atoms with Crippen LogP contribution in [0.3, 0.4) is 0 Å². The average Bonchev–Trinajstić information content (AvgIpc) is 2.70. The summed E-state index contributed by atoms with van der Waals surface area (Å²) in [6, 6.07) is 8.87. The minimum atomic E-state index is -0.587. The molecular weight excluding hydrogens is 248 g/mol. The zero-order valence-corrected chi connectivity index (χ0v) is 9.98. The highest BCUT2D eigenvalue weighted by atomic mass is 19.1. The number of fused-ring (bicyclic) bond motifs is 1. The Bertz CT molecular complexity index is 729. The predicted octanol–water partition coefficient (Wildman–Crippen LogP) is 2.95. The van der Waals surface area contributed by atoms with Gasteiger partial charge in [0.05, 0.1) is 18.3 Å². The third-order valence-corrected chi connectivity index (χ3v) is 2.92. The van der Waals surface area contributed by atoms with Crippen LogP contribution in [0.5, 0.6) is 0 Å². The molecule has 1 aromatic heterocycles. The summed E-state index contributed by atoms with van der Waals surface area (Å²) >= 11 is 0. The Kier molecular flexibility index (Phi) is 2.67. The van der Waals surface area contributed by atoms with Gasteiger partial charge in [0, 0.05) is 17.1 Å². The summed E-state index contributed by atoms with van der Waals surface area (Å²) < 4.78 is 28.0. The molecule has 0 bridgehead atoms. The zero-order valence-electron chi connectivity index (χ0n) is 9.98. The van der Waals surface area contributed by atoms with Gasteiger partial charge < -0.3 is 5.73 Å². The molecule has 0 spiro atoms. The first kappa shape index (κ1) is 11.6. The monoisotopic (exact) mass is 259 g/mol. The van der Waals surface area contributed by atoms with Gasteiger partial charge in [-0.25, -0.2) is 8.78 Å². The van der Waals surface area contributed by atoms with Crippen molar-refractivity contribution in [1.29, 1.82) is 0 Å². The molecule has 0 saturated heterocycles. The second-order valence-electron chi connectivity index (χ2n) is 4.40. The summed E-state index contributed by atoms with van der Waals surface area (Å²) in [5.74, 6) is -1.17. The second kappa shape index (κ2) is 4.35. The Hall–Kier alpha value is -2.43. The molecule has 0 fully saturated rings. The van der Waals surface area contributed by atoms with Crippen molar-refractivity contribution in [2.45, 2.75) is 6.54 Å². The van der Waals surface area contributed by atoms with E-state index in [0.717, 1.165) is 17.0 Å². The number of hydrogen-bond acceptors (Lipinski definition) is 2. The highest BCUT2D eigenvalue weighted by Gasteiger charge is 2.06. The van der Waals surface area contributed by atoms with Crippen molar-refractivity contribution in [1.82, 2.24) is 9.78 Å². The predicted molar refractivity (Wildman–Crippen MR) is 69.6 cm³/mol. The van der Waals surface area contributed by atoms with E-state index in [1.807, 2.05) is 12.1 Å². The van der Waals surface area contributed by atoms with Crippen LogP contribution in [0.2, 0.25) is 0 Å². The van der Waals surface area contributed by atoms with Gasteiger partial charge in [0.15, 0.2) is 0 Å². The molecule has 0 unspecified atom stereocenters. The van der Waals surface area contributed by atoms with Gasteiger partial charge in [-0.05, 0) is 35.9 Å². The van der Waals surface area contributed by atoms with Gasteiger partial charge in [0.25, 0.3) is 0 Å². The summed E-state index contributed by atoms with van der Waals surface area (Å²) in [5.41, 5.74) is 7.75. The molecule has 0 atom stereocenters. The van der Waals surface area contributed by atoms with Crippen LogP contribution in [0.25, 0.3) is 10.9 Å². The third-order valence-electron chi connectivity index (χ3n) is 2.92. The Morgan fingerprint density at radius 1 is 1.05 bits per heavy atom. The Morgan fingerprint density at radius 3 is 2.53 bits per heavy atom. The highest BCUT2D eigenvalue weighted by molar-refractivity contribution is 5.81. The van der Waals surface area contributed by atoms with E-state index < -0.39 is 11.6 Å². The van der Waals surface area contributed by atoms with Gasteiger partial charge >= 0.3 is 0 Å². The van der Waals surface area contributed by atoms with Crippen LogP contribution in [-0.2, 0) is 6.54 Å². The number of aromatic nitrogens is 2. The lowest BCUT2D eigenvalue weighted by Crippen LogP contribution is -2.02. The van der Waals surface area contributed by atoms with E-state index in [1.165, 1.54) is 12.1 Å². The normalized spacial score (nSPS) is 11.1. The minimum Gasteiger partial charge on any atom is -0.399 e. The van der Waals surface area contributed by atoms with Crippen LogP contribution in [0.4, 0.5) is 14.5 Å². The van der Waals surface area contributed by atoms with Gasteiger partial charge in [-0.15, -0.1) is 0 Å². The van der Waals surface area contributed by atoms with E-state index in [1.54, 1.807) is 16.9 Å². The van der Waals surface area contributed by atoms with E-state index in [-0.39, 0.29) is 0 Å². The molecule has 2 aromatic carbocycles. The molecule has 0 saturated carbocycles. The number of nitrogens with zero attached hydrogens (tertiary/aromatic N) is 2. The lowest BCUT2D eigenvalue weighted by molar-refractivity contribution is 0.575. The zero-order chi connectivity index (χ0) is 13.4. The molecule has 0 aliphatic carbocycles. The summed E-state index contributed by atoms with van der Waals surface area (Å²) in [4.78, 5) is 0. The summed E-state index contributed by atoms with van der Waals surface area (Å²) in [7, 11) is 0. The van der Waals surface area contributed by atoms with Gasteiger partial charge in [0.2, 0.25) is 0 Å². The van der Waals surface area contributed by atoms with Crippen molar-refractivity contribution in [3.63, 3.8) is 0 Å². The molecule has 3 aromatic rings. The number of hydrogen-bond donors (Lipinski definition) is 1. The maximum Gasteiger partial charge on any atom is 0.126 e. The molecule has 0 aliphatic heterocycles. The Balaban J connectivity index is 2.01. The standard InChI is InChI=1S/C14H11F2N3/c15-11-3-9(4-12(16)6-11)8-19-14-2-1-13(17)5-10(14)7-18-19/h1-7H,8,17H2. The van der Waals surface area contributed by atoms with Crippen molar-refractivity contribution >= 4 is 16.6 Å². The number of halogens is 2. The van der Waals surface area contributed by atoms with Crippen LogP contribution < -0.4 is 5.73 Å². The van der Waals surface area contributed by atoms with Gasteiger partial charge in [-0.1, -0.05) is 0 Å². The fourth-order valence-corrected chi connectivity index (χ4v) is 2.11. The van der Waals surface area contributed by atoms with Crippen molar-refractivity contribution in [3.8, 4) is 0 Å². The molecule has 0 amide bonds. The number of nitrogen functional groups attached to an aromatic ring is 1. The number of rotatable bonds is 2. The van der Waals surface area contributed by atoms with Crippen LogP contribution >= 0.6 is 0 Å². The maximum absolute atomic E-state index is 13.1. The number of benzene rings is 2. The fraction of sp³-hybridized carbons (Fsp3) is 0.0714. The number of nitrogens with two attached hydrogens (primary N) is 1. The smallest absolute Gasteiger partial charge is 0.126 e. The molecule has 0 aliphatic rings. The first-order valence-electron chi connectivity index (χ1n) is 5.78. The van der Waals surface area contributed by atoms with Crippen LogP contribution in [0.1, 0.15) is 5.56 Å². The molecule has 3 rings (SSSR count). The molecule has 2 N–H and O–H groups in total. The quantitative estimate of drug-likeness (QED) is 0.719. The van der Waals surface area contributed by atoms with Crippen LogP contribution in [0, 0.1) is 11.6 Å². The van der Waals surface area contributed by atoms with Crippen molar-refractivity contribution in [2.75, 3.05) is 5.73 Å². The maximum atomic E-state index is 13.1. The Morgan fingerprint density at radius 2 is 1.79 bits per heavy atom. The van der Waals surface area contributed by atoms with Gasteiger partial charge in [-0.3, -0.25) is 4.68 Å². The van der Waals surface area contributed by atoms with E-state index >= 15 is 0 Å². The van der Waals surface area contributed by atoms with Crippen molar-refractivity contribution in [3.05, 3.63) is 59.8 Å². The molecule has 96 valence electrons. The summed E-state index contributed by atoms with van der Waals surface area (Å²) in [6.07, 6.45) is 1.68. The lowest BCUT2D eigenvalue weighted by atomic mass is 10.2. The highest BCUT2D eigenvalue weighted by Crippen LogP contribution is 2.18. The molecule has 1 heterocycles. The molecular formula is C14H11F2N3. The lowest BCUT2D eigenvalue weighted by Gasteiger charge is -2.05. The molecule has 19 heavy (non-hydrogen) atoms. The van der Waals surface area contributed by atoms with Gasteiger partial charge in [0.1, 0.15) is 11.6 Å². The SMILES string of the molecule is Nc1ccc2c(cnn2Cc2cc(F)cc(F)c2)c1. The van der Waals surface area contributed by atoms with E-state index in [9.17, 15) is 8.78 Å². The largest absolute Gasteiger partial charge is 0.399 e. The number of anilines is 1. The third kappa shape index (κ3) is 2.27. The topological polar surface area (TPSA) is 43.8 Å². The molecule has 0 radical (unpaired) electrons. The molecule has 5 heteroatoms. The second-order valence-corrected chi connectivity index (χ2v) is 4.40. The van der Waals surface area contributed by atoms with E-state index in [2.05, 4.69) is 5.10 Å². The van der Waals surface area contributed by atoms with Crippen molar-refractivity contribution in [2.24, 2.45) is 0 Å². The fourth-order valence-electron chi connectivity index (χ4n) is 2.11. The minimum absolute atomic E-state index is 0.308. The Labute approximate surface area is 108 Å². The summed E-state index contributed by atoms with van der Waals surface area (Å²) in [6.45, 7) is 0.308. The van der Waals surface area contributed by atoms with Crippen LogP contribution in [-0.4, -0.2) is 9.78 Å². The summed E-state index contributed by atoms with van der Waals surface area (Å²) in [5, 5.41) is 5.11. The first-order valence-corrected chi connectivity index (χ1v) is 5.78. The van der Waals surface area contributed by atoms with Crippen LogP contribution in [0.15, 0.2) is 42.6 Å². The van der Waals surface area contributed by atoms with Gasteiger partial charge in [-0.2, -0.15) is 5.10 Å².